The zero-order chi connectivity index (χ0) is 9.26. The van der Waals surface area contributed by atoms with Gasteiger partial charge in [0.2, 0.25) is 0 Å². The third-order valence-corrected chi connectivity index (χ3v) is 2.71. The summed E-state index contributed by atoms with van der Waals surface area (Å²) in [5.41, 5.74) is 6.88. The summed E-state index contributed by atoms with van der Waals surface area (Å²) in [6, 6.07) is 8.32. The monoisotopic (exact) mass is 196 g/mol. The van der Waals surface area contributed by atoms with Crippen LogP contribution in [0.3, 0.4) is 0 Å². The molecule has 3 heteroatoms. The summed E-state index contributed by atoms with van der Waals surface area (Å²) >= 11 is 6.03. The molecule has 13 heavy (non-hydrogen) atoms. The van der Waals surface area contributed by atoms with Crippen molar-refractivity contribution in [3.63, 3.8) is 0 Å². The molecule has 0 radical (unpaired) electrons. The molecular weight excluding hydrogens is 184 g/mol. The van der Waals surface area contributed by atoms with Crippen molar-refractivity contribution in [2.45, 2.75) is 12.6 Å². The Kier molecular flexibility index (Phi) is 2.54. The number of halogens is 1. The molecule has 1 fully saturated rings. The van der Waals surface area contributed by atoms with Crippen molar-refractivity contribution in [3.8, 4) is 0 Å². The van der Waals surface area contributed by atoms with Crippen LogP contribution in [0.15, 0.2) is 24.3 Å². The minimum atomic E-state index is 0.363. The Hall–Kier alpha value is -0.570. The van der Waals surface area contributed by atoms with E-state index < -0.39 is 0 Å². The maximum absolute atomic E-state index is 6.03. The Morgan fingerprint density at radius 3 is 2.69 bits per heavy atom. The van der Waals surface area contributed by atoms with Crippen molar-refractivity contribution < 1.29 is 0 Å². The van der Waals surface area contributed by atoms with Gasteiger partial charge in [0.1, 0.15) is 0 Å². The van der Waals surface area contributed by atoms with E-state index in [4.69, 9.17) is 17.3 Å². The van der Waals surface area contributed by atoms with E-state index in [2.05, 4.69) is 11.0 Å². The van der Waals surface area contributed by atoms with Gasteiger partial charge in [0, 0.05) is 30.7 Å². The summed E-state index contributed by atoms with van der Waals surface area (Å²) in [6.45, 7) is 2.91. The van der Waals surface area contributed by atoms with Crippen LogP contribution in [0.25, 0.3) is 0 Å². The molecule has 2 N–H and O–H groups in total. The van der Waals surface area contributed by atoms with Crippen molar-refractivity contribution in [2.75, 3.05) is 13.1 Å². The van der Waals surface area contributed by atoms with E-state index in [1.165, 1.54) is 5.56 Å². The van der Waals surface area contributed by atoms with Crippen LogP contribution in [0.1, 0.15) is 5.56 Å². The summed E-state index contributed by atoms with van der Waals surface area (Å²) < 4.78 is 0. The average molecular weight is 197 g/mol. The Bertz CT molecular complexity index is 295. The summed E-state index contributed by atoms with van der Waals surface area (Å²) in [6.07, 6.45) is 0. The van der Waals surface area contributed by atoms with Crippen LogP contribution < -0.4 is 5.73 Å². The third-order valence-electron chi connectivity index (χ3n) is 2.34. The zero-order valence-electron chi connectivity index (χ0n) is 7.41. The van der Waals surface area contributed by atoms with Gasteiger partial charge in [-0.05, 0) is 11.6 Å². The van der Waals surface area contributed by atoms with E-state index in [-0.39, 0.29) is 0 Å². The largest absolute Gasteiger partial charge is 0.325 e. The number of nitrogens with two attached hydrogens (primary N) is 1. The molecule has 0 spiro atoms. The fourth-order valence-electron chi connectivity index (χ4n) is 1.61. The minimum Gasteiger partial charge on any atom is -0.325 e. The van der Waals surface area contributed by atoms with Crippen molar-refractivity contribution >= 4 is 11.6 Å². The van der Waals surface area contributed by atoms with Crippen LogP contribution >= 0.6 is 11.6 Å². The molecule has 1 aromatic carbocycles. The topological polar surface area (TPSA) is 29.3 Å². The van der Waals surface area contributed by atoms with E-state index in [9.17, 15) is 0 Å². The summed E-state index contributed by atoms with van der Waals surface area (Å²) in [5, 5.41) is 0.850. The van der Waals surface area contributed by atoms with Crippen molar-refractivity contribution in [2.24, 2.45) is 5.73 Å². The predicted octanol–water partition coefficient (Wildman–Crippen LogP) is 1.48. The zero-order valence-corrected chi connectivity index (χ0v) is 8.17. The van der Waals surface area contributed by atoms with Gasteiger partial charge in [0.15, 0.2) is 0 Å². The smallest absolute Gasteiger partial charge is 0.0451 e. The lowest BCUT2D eigenvalue weighted by Crippen LogP contribution is -2.54. The first-order valence-electron chi connectivity index (χ1n) is 4.47. The predicted molar refractivity (Wildman–Crippen MR) is 54.7 cm³/mol. The van der Waals surface area contributed by atoms with Gasteiger partial charge in [-0.1, -0.05) is 29.8 Å². The number of hydrogen-bond acceptors (Lipinski definition) is 2. The van der Waals surface area contributed by atoms with Crippen LogP contribution in [-0.4, -0.2) is 24.0 Å². The van der Waals surface area contributed by atoms with Crippen molar-refractivity contribution in [1.29, 1.82) is 0 Å². The van der Waals surface area contributed by atoms with E-state index >= 15 is 0 Å². The van der Waals surface area contributed by atoms with E-state index in [0.717, 1.165) is 24.7 Å². The number of rotatable bonds is 2. The summed E-state index contributed by atoms with van der Waals surface area (Å²) in [4.78, 5) is 2.30. The van der Waals surface area contributed by atoms with Gasteiger partial charge in [0.25, 0.3) is 0 Å². The van der Waals surface area contributed by atoms with Crippen LogP contribution in [-0.2, 0) is 6.54 Å². The van der Waals surface area contributed by atoms with Gasteiger partial charge >= 0.3 is 0 Å². The van der Waals surface area contributed by atoms with Crippen LogP contribution in [0.5, 0.6) is 0 Å². The lowest BCUT2D eigenvalue weighted by Gasteiger charge is -2.36. The number of hydrogen-bond donors (Lipinski definition) is 1. The van der Waals surface area contributed by atoms with Gasteiger partial charge < -0.3 is 5.73 Å². The second kappa shape index (κ2) is 3.66. The second-order valence-electron chi connectivity index (χ2n) is 3.55. The molecule has 0 atom stereocenters. The lowest BCUT2D eigenvalue weighted by molar-refractivity contribution is 0.142. The average Bonchev–Trinajstić information content (AvgIpc) is 2.06. The SMILES string of the molecule is NC1CN(Cc2ccccc2Cl)C1. The van der Waals surface area contributed by atoms with E-state index in [0.29, 0.717) is 6.04 Å². The fourth-order valence-corrected chi connectivity index (χ4v) is 1.80. The molecule has 1 saturated heterocycles. The van der Waals surface area contributed by atoms with Crippen molar-refractivity contribution in [1.82, 2.24) is 4.90 Å². The molecule has 0 amide bonds. The molecule has 0 bridgehead atoms. The first-order valence-corrected chi connectivity index (χ1v) is 4.85. The Morgan fingerprint density at radius 2 is 2.08 bits per heavy atom. The molecular formula is C10H13ClN2. The first kappa shape index (κ1) is 9.00. The van der Waals surface area contributed by atoms with Gasteiger partial charge in [0.05, 0.1) is 0 Å². The van der Waals surface area contributed by atoms with Crippen LogP contribution in [0.2, 0.25) is 5.02 Å². The van der Waals surface area contributed by atoms with Crippen LogP contribution in [0.4, 0.5) is 0 Å². The highest BCUT2D eigenvalue weighted by atomic mass is 35.5. The Morgan fingerprint density at radius 1 is 1.38 bits per heavy atom. The second-order valence-corrected chi connectivity index (χ2v) is 3.95. The third kappa shape index (κ3) is 2.02. The molecule has 0 saturated carbocycles. The standard InChI is InChI=1S/C10H13ClN2/c11-10-4-2-1-3-8(10)5-13-6-9(12)7-13/h1-4,9H,5-7,12H2. The Balaban J connectivity index is 1.98. The number of nitrogens with zero attached hydrogens (tertiary/aromatic N) is 1. The molecule has 70 valence electrons. The lowest BCUT2D eigenvalue weighted by atomic mass is 10.1. The van der Waals surface area contributed by atoms with Crippen LogP contribution in [0, 0.1) is 0 Å². The molecule has 1 heterocycles. The van der Waals surface area contributed by atoms with Gasteiger partial charge in [-0.2, -0.15) is 0 Å². The van der Waals surface area contributed by atoms with Gasteiger partial charge in [-0.3, -0.25) is 4.90 Å². The Labute approximate surface area is 83.3 Å². The number of benzene rings is 1. The molecule has 1 aliphatic rings. The quantitative estimate of drug-likeness (QED) is 0.777. The van der Waals surface area contributed by atoms with Gasteiger partial charge in [-0.25, -0.2) is 0 Å². The molecule has 0 unspecified atom stereocenters. The molecule has 0 aromatic heterocycles. The van der Waals surface area contributed by atoms with E-state index in [1.54, 1.807) is 0 Å². The molecule has 0 aliphatic carbocycles. The minimum absolute atomic E-state index is 0.363. The highest BCUT2D eigenvalue weighted by molar-refractivity contribution is 6.31. The highest BCUT2D eigenvalue weighted by Crippen LogP contribution is 2.19. The molecule has 1 aromatic rings. The van der Waals surface area contributed by atoms with Crippen molar-refractivity contribution in [3.05, 3.63) is 34.9 Å². The highest BCUT2D eigenvalue weighted by Gasteiger charge is 2.22. The number of likely N-dealkylation sites (tertiary alicyclic amines) is 1. The maximum Gasteiger partial charge on any atom is 0.0451 e. The summed E-state index contributed by atoms with van der Waals surface area (Å²) in [5.74, 6) is 0. The molecule has 2 rings (SSSR count). The van der Waals surface area contributed by atoms with Gasteiger partial charge in [-0.15, -0.1) is 0 Å². The maximum atomic E-state index is 6.03. The summed E-state index contributed by atoms with van der Waals surface area (Å²) in [7, 11) is 0. The fraction of sp³-hybridized carbons (Fsp3) is 0.400. The van der Waals surface area contributed by atoms with E-state index in [1.807, 2.05) is 18.2 Å². The molecule has 2 nitrogen and oxygen atoms in total. The normalized spacial score (nSPS) is 18.6. The molecule has 1 aliphatic heterocycles. The first-order chi connectivity index (χ1) is 6.25.